The Morgan fingerprint density at radius 2 is 0.831 bits per heavy atom. The first-order valence-corrected chi connectivity index (χ1v) is 34.4. The third-order valence-electron chi connectivity index (χ3n) is 15.8. The molecule has 6 N–H and O–H groups in total. The number of aliphatic hydroxyl groups is 5. The molecule has 11 heteroatoms. The minimum Gasteiger partial charge on any atom is -0.454 e. The van der Waals surface area contributed by atoms with Gasteiger partial charge in [-0.15, -0.1) is 0 Å². The lowest BCUT2D eigenvalue weighted by atomic mass is 9.99. The Hall–Kier alpha value is -3.16. The number of unbranched alkanes of at least 4 members (excludes halogenated alkanes) is 32. The van der Waals surface area contributed by atoms with Crippen molar-refractivity contribution in [3.63, 3.8) is 0 Å². The molecule has 0 aliphatic carbocycles. The van der Waals surface area contributed by atoms with Crippen molar-refractivity contribution in [1.29, 1.82) is 0 Å². The van der Waals surface area contributed by atoms with Gasteiger partial charge in [0, 0.05) is 6.42 Å². The summed E-state index contributed by atoms with van der Waals surface area (Å²) >= 11 is 0. The normalized spacial score (nSPS) is 19.1. The average molecular weight is 1170 g/mol. The number of rotatable bonds is 58. The zero-order chi connectivity index (χ0) is 60.3. The number of esters is 1. The van der Waals surface area contributed by atoms with Crippen molar-refractivity contribution in [2.45, 2.75) is 346 Å². The van der Waals surface area contributed by atoms with E-state index in [4.69, 9.17) is 14.2 Å². The lowest BCUT2D eigenvalue weighted by Crippen LogP contribution is -2.61. The summed E-state index contributed by atoms with van der Waals surface area (Å²) in [6.45, 7) is 5.74. The van der Waals surface area contributed by atoms with Crippen LogP contribution in [0.2, 0.25) is 0 Å². The third kappa shape index (κ3) is 46.7. The van der Waals surface area contributed by atoms with Crippen LogP contribution >= 0.6 is 0 Å². The van der Waals surface area contributed by atoms with Crippen molar-refractivity contribution in [3.05, 3.63) is 85.1 Å². The van der Waals surface area contributed by atoms with Crippen LogP contribution in [0.4, 0.5) is 0 Å². The van der Waals surface area contributed by atoms with Crippen LogP contribution in [0.25, 0.3) is 0 Å². The standard InChI is InChI=1S/C72H127NO10/c1-4-7-10-13-16-19-22-24-26-28-30-31-32-33-34-35-36-38-40-42-45-48-51-54-57-60-67(77)83-70-69(79)68(78)66(61-74)82-72(70)81-62-63(64(75)58-55-52-49-46-43-21-18-15-12-9-6-3)73-71(80)65(76)59-56-53-50-47-44-41-39-37-29-27-25-23-20-17-14-11-8-5-2/h16-17,19-20,24-27,30-31,33-34,55,58,63-66,68-70,72,74-76,78-79H,4-15,18,21-23,28-29,32,35-54,56-57,59-62H2,1-3H3,(H,73,80)/b19-16-,20-17-,26-24-,27-25-,31-30-,34-33-,58-55+. The summed E-state index contributed by atoms with van der Waals surface area (Å²) in [4.78, 5) is 26.6. The van der Waals surface area contributed by atoms with E-state index in [1.807, 2.05) is 6.08 Å². The number of ether oxygens (including phenoxy) is 3. The van der Waals surface area contributed by atoms with E-state index in [-0.39, 0.29) is 19.4 Å². The van der Waals surface area contributed by atoms with Gasteiger partial charge in [0.05, 0.1) is 25.4 Å². The van der Waals surface area contributed by atoms with Gasteiger partial charge in [-0.25, -0.2) is 0 Å². The van der Waals surface area contributed by atoms with Crippen molar-refractivity contribution in [3.8, 4) is 0 Å². The number of amides is 1. The second-order valence-corrected chi connectivity index (χ2v) is 23.6. The van der Waals surface area contributed by atoms with Gasteiger partial charge in [-0.3, -0.25) is 9.59 Å². The summed E-state index contributed by atoms with van der Waals surface area (Å²) in [7, 11) is 0. The van der Waals surface area contributed by atoms with E-state index in [1.54, 1.807) is 6.08 Å². The van der Waals surface area contributed by atoms with Gasteiger partial charge in [-0.2, -0.15) is 0 Å². The van der Waals surface area contributed by atoms with Crippen LogP contribution in [0.5, 0.6) is 0 Å². The maximum absolute atomic E-state index is 13.4. The molecular weight excluding hydrogens is 1040 g/mol. The number of carbonyl (C=O) groups is 2. The molecular formula is C72H127NO10. The van der Waals surface area contributed by atoms with Gasteiger partial charge in [-0.05, 0) is 103 Å². The molecule has 0 aromatic carbocycles. The molecule has 8 unspecified atom stereocenters. The molecule has 1 fully saturated rings. The van der Waals surface area contributed by atoms with E-state index in [2.05, 4.69) is 99.0 Å². The predicted molar refractivity (Wildman–Crippen MR) is 347 cm³/mol. The molecule has 11 nitrogen and oxygen atoms in total. The van der Waals surface area contributed by atoms with Crippen LogP contribution in [0, 0.1) is 0 Å². The SMILES string of the molecule is CCCCC/C=C\C/C=C\C/C=C\C/C=C\CCCCCCCCCCCC(=O)OC1C(OCC(NC(=O)C(O)CCCCCCCCCC/C=C\C/C=C\CCCCC)C(O)/C=C/CCCCCCCCCCC)OC(CO)C(O)C1O. The number of aliphatic hydroxyl groups excluding tert-OH is 5. The molecule has 0 spiro atoms. The fraction of sp³-hybridized carbons (Fsp3) is 0.778. The first-order valence-electron chi connectivity index (χ1n) is 34.4. The van der Waals surface area contributed by atoms with Crippen molar-refractivity contribution in [1.82, 2.24) is 5.32 Å². The maximum atomic E-state index is 13.4. The fourth-order valence-corrected chi connectivity index (χ4v) is 10.3. The molecule has 1 heterocycles. The van der Waals surface area contributed by atoms with E-state index in [0.717, 1.165) is 103 Å². The number of allylic oxidation sites excluding steroid dienone is 13. The summed E-state index contributed by atoms with van der Waals surface area (Å²) in [5, 5.41) is 57.1. The van der Waals surface area contributed by atoms with Crippen molar-refractivity contribution < 1.29 is 49.3 Å². The van der Waals surface area contributed by atoms with Crippen LogP contribution in [0.1, 0.15) is 297 Å². The first-order chi connectivity index (χ1) is 40.7. The van der Waals surface area contributed by atoms with Crippen LogP contribution in [-0.4, -0.2) is 99.6 Å². The molecule has 0 bridgehead atoms. The smallest absolute Gasteiger partial charge is 0.306 e. The van der Waals surface area contributed by atoms with Gasteiger partial charge >= 0.3 is 5.97 Å². The minimum absolute atomic E-state index is 0.113. The Bertz CT molecular complexity index is 1670. The zero-order valence-electron chi connectivity index (χ0n) is 53.3. The maximum Gasteiger partial charge on any atom is 0.306 e. The summed E-state index contributed by atoms with van der Waals surface area (Å²) in [5.41, 5.74) is 0. The molecule has 1 aliphatic heterocycles. The molecule has 1 rings (SSSR count). The number of hydrogen-bond donors (Lipinski definition) is 6. The zero-order valence-corrected chi connectivity index (χ0v) is 53.3. The fourth-order valence-electron chi connectivity index (χ4n) is 10.3. The van der Waals surface area contributed by atoms with Gasteiger partial charge in [0.25, 0.3) is 0 Å². The Kier molecular flexibility index (Phi) is 55.5. The lowest BCUT2D eigenvalue weighted by molar-refractivity contribution is -0.305. The van der Waals surface area contributed by atoms with Gasteiger partial charge < -0.3 is 45.1 Å². The molecule has 83 heavy (non-hydrogen) atoms. The molecule has 0 aromatic rings. The quantitative estimate of drug-likeness (QED) is 0.0195. The van der Waals surface area contributed by atoms with Gasteiger partial charge in [-0.1, -0.05) is 273 Å². The van der Waals surface area contributed by atoms with Crippen molar-refractivity contribution in [2.75, 3.05) is 13.2 Å². The summed E-state index contributed by atoms with van der Waals surface area (Å²) in [6.07, 6.45) is 67.6. The Morgan fingerprint density at radius 1 is 0.470 bits per heavy atom. The Morgan fingerprint density at radius 3 is 1.27 bits per heavy atom. The minimum atomic E-state index is -1.62. The molecule has 480 valence electrons. The molecule has 1 aliphatic rings. The molecule has 0 aromatic heterocycles. The molecule has 0 saturated carbocycles. The van der Waals surface area contributed by atoms with E-state index < -0.39 is 67.4 Å². The van der Waals surface area contributed by atoms with Gasteiger partial charge in [0.2, 0.25) is 5.91 Å². The first kappa shape index (κ1) is 77.9. The van der Waals surface area contributed by atoms with Crippen molar-refractivity contribution >= 4 is 11.9 Å². The number of nitrogens with one attached hydrogen (secondary N) is 1. The van der Waals surface area contributed by atoms with Gasteiger partial charge in [0.15, 0.2) is 12.4 Å². The summed E-state index contributed by atoms with van der Waals surface area (Å²) in [5.74, 6) is -1.20. The second kappa shape index (κ2) is 59.2. The molecule has 0 radical (unpaired) electrons. The van der Waals surface area contributed by atoms with Crippen molar-refractivity contribution in [2.24, 2.45) is 0 Å². The van der Waals surface area contributed by atoms with E-state index in [0.29, 0.717) is 12.8 Å². The van der Waals surface area contributed by atoms with E-state index in [1.165, 1.54) is 148 Å². The van der Waals surface area contributed by atoms with Gasteiger partial charge in [0.1, 0.15) is 24.4 Å². The lowest BCUT2D eigenvalue weighted by Gasteiger charge is -2.41. The predicted octanol–water partition coefficient (Wildman–Crippen LogP) is 17.3. The highest BCUT2D eigenvalue weighted by atomic mass is 16.7. The Labute approximate surface area is 508 Å². The van der Waals surface area contributed by atoms with Crippen LogP contribution < -0.4 is 5.32 Å². The molecule has 1 saturated heterocycles. The topological polar surface area (TPSA) is 175 Å². The summed E-state index contributed by atoms with van der Waals surface area (Å²) < 4.78 is 17.7. The largest absolute Gasteiger partial charge is 0.454 e. The summed E-state index contributed by atoms with van der Waals surface area (Å²) in [6, 6.07) is -1.03. The Balaban J connectivity index is 2.58. The van der Waals surface area contributed by atoms with Crippen LogP contribution in [0.15, 0.2) is 85.1 Å². The highest BCUT2D eigenvalue weighted by Gasteiger charge is 2.47. The molecule has 1 amide bonds. The van der Waals surface area contributed by atoms with Crippen LogP contribution in [0.3, 0.4) is 0 Å². The highest BCUT2D eigenvalue weighted by molar-refractivity contribution is 5.80. The number of hydrogen-bond acceptors (Lipinski definition) is 10. The monoisotopic (exact) mass is 1170 g/mol. The second-order valence-electron chi connectivity index (χ2n) is 23.6. The average Bonchev–Trinajstić information content (AvgIpc) is 3.67. The van der Waals surface area contributed by atoms with Crippen LogP contribution in [-0.2, 0) is 23.8 Å². The van der Waals surface area contributed by atoms with E-state index in [9.17, 15) is 35.1 Å². The number of carbonyl (C=O) groups excluding carboxylic acids is 2. The van der Waals surface area contributed by atoms with E-state index >= 15 is 0 Å². The molecule has 8 atom stereocenters. The highest BCUT2D eigenvalue weighted by Crippen LogP contribution is 2.26. The third-order valence-corrected chi connectivity index (χ3v) is 15.8.